The minimum absolute atomic E-state index is 0. The Morgan fingerprint density at radius 2 is 1.53 bits per heavy atom. The van der Waals surface area contributed by atoms with Crippen LogP contribution in [0.2, 0.25) is 0 Å². The highest BCUT2D eigenvalue weighted by Gasteiger charge is 2.47. The maximum atomic E-state index is 11.7. The second-order valence-electron chi connectivity index (χ2n) is 8.11. The van der Waals surface area contributed by atoms with E-state index in [1.54, 1.807) is 6.92 Å². The van der Waals surface area contributed by atoms with Crippen LogP contribution in [-0.2, 0) is 39.5 Å². The van der Waals surface area contributed by atoms with Crippen molar-refractivity contribution in [3.63, 3.8) is 0 Å². The van der Waals surface area contributed by atoms with E-state index in [9.17, 15) is 14.4 Å². The van der Waals surface area contributed by atoms with Crippen molar-refractivity contribution in [2.75, 3.05) is 17.8 Å². The third kappa shape index (κ3) is 9.15. The van der Waals surface area contributed by atoms with Gasteiger partial charge < -0.3 is 26.6 Å². The van der Waals surface area contributed by atoms with Gasteiger partial charge in [0.1, 0.15) is 29.5 Å². The van der Waals surface area contributed by atoms with E-state index in [4.69, 9.17) is 14.2 Å². The minimum Gasteiger partial charge on any atom is -1.00 e. The number of hydrogen-bond acceptors (Lipinski definition) is 6. The molecule has 1 rings (SSSR count). The van der Waals surface area contributed by atoms with E-state index < -0.39 is 18.2 Å². The van der Waals surface area contributed by atoms with Gasteiger partial charge in [0, 0.05) is 38.5 Å². The van der Waals surface area contributed by atoms with E-state index in [0.717, 1.165) is 37.2 Å². The predicted molar refractivity (Wildman–Crippen MR) is 116 cm³/mol. The summed E-state index contributed by atoms with van der Waals surface area (Å²) in [6.45, 7) is 10.5. The molecule has 0 aliphatic carbocycles. The standard InChI is InChI=1S/C22H39O6S.ClH/c1-8-18(15(4)23)10-12-29(7)13-11-20-22(27-17(6)25)21(26-16(5)24)14(3)19(9-2)28-20;/h14,18-22H,8-13H2,1-7H3;1H/q+1;/p-1/t14-,18-,19+,20+,21-,22-,29?;/m0./s1. The van der Waals surface area contributed by atoms with Crippen molar-refractivity contribution in [3.8, 4) is 0 Å². The Balaban J connectivity index is 0.00000841. The van der Waals surface area contributed by atoms with Gasteiger partial charge in [-0.1, -0.05) is 20.8 Å². The number of ketones is 1. The summed E-state index contributed by atoms with van der Waals surface area (Å²) in [7, 11) is 0.138. The van der Waals surface area contributed by atoms with Gasteiger partial charge >= 0.3 is 11.9 Å². The maximum absolute atomic E-state index is 11.7. The molecule has 0 aromatic rings. The lowest BCUT2D eigenvalue weighted by Gasteiger charge is -2.44. The lowest BCUT2D eigenvalue weighted by molar-refractivity contribution is -0.223. The van der Waals surface area contributed by atoms with Crippen LogP contribution in [0, 0.1) is 11.8 Å². The van der Waals surface area contributed by atoms with Crippen LogP contribution in [0.5, 0.6) is 0 Å². The van der Waals surface area contributed by atoms with Crippen LogP contribution < -0.4 is 12.4 Å². The van der Waals surface area contributed by atoms with Crippen LogP contribution in [0.3, 0.4) is 0 Å². The zero-order valence-corrected chi connectivity index (χ0v) is 21.0. The zero-order chi connectivity index (χ0) is 22.1. The Hall–Kier alpha value is -0.790. The van der Waals surface area contributed by atoms with Crippen molar-refractivity contribution in [2.24, 2.45) is 11.8 Å². The highest BCUT2D eigenvalue weighted by Crippen LogP contribution is 2.33. The molecule has 0 radical (unpaired) electrons. The molecule has 8 heteroatoms. The molecular weight excluding hydrogens is 428 g/mol. The summed E-state index contributed by atoms with van der Waals surface area (Å²) >= 11 is 0. The van der Waals surface area contributed by atoms with Crippen molar-refractivity contribution in [1.29, 1.82) is 0 Å². The molecule has 1 aliphatic rings. The predicted octanol–water partition coefficient (Wildman–Crippen LogP) is 0.311. The summed E-state index contributed by atoms with van der Waals surface area (Å²) in [6, 6.07) is 0. The third-order valence-corrected chi connectivity index (χ3v) is 7.65. The summed E-state index contributed by atoms with van der Waals surface area (Å²) in [5.41, 5.74) is 0. The molecule has 1 saturated heterocycles. The molecule has 0 bridgehead atoms. The molecule has 176 valence electrons. The summed E-state index contributed by atoms with van der Waals surface area (Å²) in [5, 5.41) is 0. The van der Waals surface area contributed by atoms with Gasteiger partial charge in [-0.2, -0.15) is 0 Å². The summed E-state index contributed by atoms with van der Waals surface area (Å²) in [5.74, 6) is 1.51. The fourth-order valence-electron chi connectivity index (χ4n) is 4.01. The van der Waals surface area contributed by atoms with E-state index in [-0.39, 0.29) is 59.1 Å². The topological polar surface area (TPSA) is 78.9 Å². The van der Waals surface area contributed by atoms with Gasteiger partial charge in [0.05, 0.1) is 12.4 Å². The largest absolute Gasteiger partial charge is 1.00 e. The van der Waals surface area contributed by atoms with Crippen molar-refractivity contribution in [1.82, 2.24) is 0 Å². The fourth-order valence-corrected chi connectivity index (χ4v) is 5.53. The molecule has 1 unspecified atom stereocenters. The minimum atomic E-state index is -0.591. The second kappa shape index (κ2) is 14.3. The van der Waals surface area contributed by atoms with Crippen molar-refractivity contribution in [2.45, 2.75) is 91.6 Å². The number of ether oxygens (including phenoxy) is 3. The van der Waals surface area contributed by atoms with Crippen LogP contribution >= 0.6 is 0 Å². The molecular formula is C22H39ClO6S. The quantitative estimate of drug-likeness (QED) is 0.322. The molecule has 1 heterocycles. The molecule has 6 nitrogen and oxygen atoms in total. The number of carbonyl (C=O) groups excluding carboxylic acids is 3. The fraction of sp³-hybridized carbons (Fsp3) is 0.864. The average molecular weight is 467 g/mol. The Kier molecular flexibility index (Phi) is 13.9. The number of rotatable bonds is 11. The van der Waals surface area contributed by atoms with Gasteiger partial charge in [0.25, 0.3) is 0 Å². The SMILES string of the molecule is CC[C@@H](CC[S+](C)CC[C@H]1O[C@H](CC)[C@H](C)[C@H](OC(C)=O)[C@H]1OC(C)=O)C(C)=O.[Cl-]. The summed E-state index contributed by atoms with van der Waals surface area (Å²) in [6.07, 6.45) is 4.10. The molecule has 0 N–H and O–H groups in total. The Morgan fingerprint density at radius 3 is 2.00 bits per heavy atom. The van der Waals surface area contributed by atoms with Crippen LogP contribution in [0.1, 0.15) is 67.2 Å². The van der Waals surface area contributed by atoms with Gasteiger partial charge in [0.2, 0.25) is 0 Å². The number of Topliss-reactive ketones (excluding diaryl/α,β-unsaturated/α-hetero) is 1. The second-order valence-corrected chi connectivity index (χ2v) is 10.5. The lowest BCUT2D eigenvalue weighted by atomic mass is 9.85. The smallest absolute Gasteiger partial charge is 0.303 e. The first kappa shape index (κ1) is 29.2. The van der Waals surface area contributed by atoms with E-state index in [1.165, 1.54) is 13.8 Å². The van der Waals surface area contributed by atoms with E-state index in [1.807, 2.05) is 13.8 Å². The Bertz CT molecular complexity index is 558. The maximum Gasteiger partial charge on any atom is 0.303 e. The lowest BCUT2D eigenvalue weighted by Crippen LogP contribution is -3.00. The van der Waals surface area contributed by atoms with Crippen molar-refractivity contribution >= 4 is 28.6 Å². The van der Waals surface area contributed by atoms with Crippen LogP contribution in [-0.4, -0.2) is 59.9 Å². The molecule has 30 heavy (non-hydrogen) atoms. The number of halogens is 1. The van der Waals surface area contributed by atoms with Gasteiger partial charge in [-0.05, 0) is 30.7 Å². The summed E-state index contributed by atoms with van der Waals surface area (Å²) < 4.78 is 17.4. The first-order valence-electron chi connectivity index (χ1n) is 10.7. The molecule has 7 atom stereocenters. The van der Waals surface area contributed by atoms with Gasteiger partial charge in [-0.25, -0.2) is 0 Å². The first-order valence-corrected chi connectivity index (χ1v) is 12.7. The summed E-state index contributed by atoms with van der Waals surface area (Å²) in [4.78, 5) is 35.0. The average Bonchev–Trinajstić information content (AvgIpc) is 2.63. The molecule has 1 fully saturated rings. The van der Waals surface area contributed by atoms with Crippen molar-refractivity contribution < 1.29 is 41.0 Å². The van der Waals surface area contributed by atoms with Crippen LogP contribution in [0.25, 0.3) is 0 Å². The van der Waals surface area contributed by atoms with Crippen molar-refractivity contribution in [3.05, 3.63) is 0 Å². The highest BCUT2D eigenvalue weighted by molar-refractivity contribution is 7.96. The normalized spacial score (nSPS) is 28.0. The third-order valence-electron chi connectivity index (χ3n) is 5.78. The molecule has 0 aromatic carbocycles. The van der Waals surface area contributed by atoms with Crippen LogP contribution in [0.15, 0.2) is 0 Å². The van der Waals surface area contributed by atoms with Gasteiger partial charge in [-0.15, -0.1) is 0 Å². The van der Waals surface area contributed by atoms with E-state index in [2.05, 4.69) is 13.2 Å². The van der Waals surface area contributed by atoms with Crippen LogP contribution in [0.4, 0.5) is 0 Å². The number of hydrogen-bond donors (Lipinski definition) is 0. The number of carbonyl (C=O) groups is 3. The van der Waals surface area contributed by atoms with Gasteiger partial charge in [-0.3, -0.25) is 14.4 Å². The molecule has 0 amide bonds. The monoisotopic (exact) mass is 466 g/mol. The van der Waals surface area contributed by atoms with E-state index in [0.29, 0.717) is 0 Å². The molecule has 1 aliphatic heterocycles. The molecule has 0 saturated carbocycles. The molecule has 0 spiro atoms. The first-order chi connectivity index (χ1) is 13.6. The number of esters is 2. The molecule has 0 aromatic heterocycles. The zero-order valence-electron chi connectivity index (χ0n) is 19.4. The Morgan fingerprint density at radius 1 is 0.967 bits per heavy atom. The van der Waals surface area contributed by atoms with E-state index >= 15 is 0 Å². The highest BCUT2D eigenvalue weighted by atomic mass is 35.5. The van der Waals surface area contributed by atoms with Gasteiger partial charge in [0.15, 0.2) is 6.10 Å². The Labute approximate surface area is 190 Å².